The topological polar surface area (TPSA) is 98.0 Å². The van der Waals surface area contributed by atoms with Gasteiger partial charge in [-0.15, -0.1) is 6.42 Å². The summed E-state index contributed by atoms with van der Waals surface area (Å²) in [6.07, 6.45) is 7.65. The van der Waals surface area contributed by atoms with E-state index in [1.165, 1.54) is 0 Å². The van der Waals surface area contributed by atoms with Crippen LogP contribution >= 0.6 is 0 Å². The third kappa shape index (κ3) is 2.25. The van der Waals surface area contributed by atoms with Gasteiger partial charge in [0.15, 0.2) is 5.60 Å². The number of ketones is 1. The van der Waals surface area contributed by atoms with Gasteiger partial charge in [-0.25, -0.2) is 0 Å². The molecule has 4 fully saturated rings. The van der Waals surface area contributed by atoms with Gasteiger partial charge in [-0.1, -0.05) is 19.8 Å². The maximum Gasteiger partial charge on any atom is 0.206 e. The lowest BCUT2D eigenvalue weighted by atomic mass is 9.43. The second kappa shape index (κ2) is 5.57. The minimum atomic E-state index is -1.98. The summed E-state index contributed by atoms with van der Waals surface area (Å²) in [6, 6.07) is 0. The molecule has 0 amide bonds. The van der Waals surface area contributed by atoms with Crippen molar-refractivity contribution < 1.29 is 25.2 Å². The van der Waals surface area contributed by atoms with Gasteiger partial charge in [0.25, 0.3) is 0 Å². The Bertz CT molecular complexity index is 710. The van der Waals surface area contributed by atoms with Crippen LogP contribution in [0, 0.1) is 46.8 Å². The molecule has 4 N–H and O–H groups in total. The van der Waals surface area contributed by atoms with Crippen molar-refractivity contribution >= 4 is 5.78 Å². The summed E-state index contributed by atoms with van der Waals surface area (Å²) in [5, 5.41) is 43.4. The molecule has 0 aliphatic heterocycles. The van der Waals surface area contributed by atoms with Gasteiger partial charge in [0, 0.05) is 11.3 Å². The van der Waals surface area contributed by atoms with Crippen molar-refractivity contribution in [3.63, 3.8) is 0 Å². The SMILES string of the molecule is C#C[C@]1(O)C(=O)[C@@H](O)C2C3C(CC[C@@]21C)[C@@]1(C)CC[C@](C)(O)C[C@H]1C[C@@H]3O. The normalized spacial score (nSPS) is 60.1. The lowest BCUT2D eigenvalue weighted by Gasteiger charge is -2.63. The number of hydrogen-bond acceptors (Lipinski definition) is 5. The van der Waals surface area contributed by atoms with E-state index in [9.17, 15) is 25.2 Å². The zero-order chi connectivity index (χ0) is 20.0. The summed E-state index contributed by atoms with van der Waals surface area (Å²) in [5.74, 6) is 1.13. The van der Waals surface area contributed by atoms with Gasteiger partial charge in [-0.05, 0) is 68.6 Å². The highest BCUT2D eigenvalue weighted by Gasteiger charge is 2.72. The first-order valence-corrected chi connectivity index (χ1v) is 10.2. The molecule has 0 spiro atoms. The number of terminal acetylenes is 1. The van der Waals surface area contributed by atoms with Crippen LogP contribution < -0.4 is 0 Å². The molecule has 5 nitrogen and oxygen atoms in total. The Morgan fingerprint density at radius 2 is 1.78 bits per heavy atom. The molecule has 0 aromatic heterocycles. The van der Waals surface area contributed by atoms with E-state index in [2.05, 4.69) is 12.8 Å². The average Bonchev–Trinajstić information content (AvgIpc) is 2.75. The van der Waals surface area contributed by atoms with Crippen molar-refractivity contribution in [3.05, 3.63) is 0 Å². The van der Waals surface area contributed by atoms with Crippen LogP contribution in [0.1, 0.15) is 59.3 Å². The largest absolute Gasteiger partial charge is 0.393 e. The second-order valence-corrected chi connectivity index (χ2v) is 10.5. The Hall–Kier alpha value is -0.930. The summed E-state index contributed by atoms with van der Waals surface area (Å²) in [7, 11) is 0. The molecular formula is C22H32O5. The fourth-order valence-electron chi connectivity index (χ4n) is 7.54. The maximum atomic E-state index is 12.7. The molecule has 0 heterocycles. The van der Waals surface area contributed by atoms with E-state index in [0.29, 0.717) is 19.3 Å². The van der Waals surface area contributed by atoms with Crippen molar-refractivity contribution in [2.24, 2.45) is 34.5 Å². The maximum absolute atomic E-state index is 12.7. The van der Waals surface area contributed by atoms with E-state index >= 15 is 0 Å². The number of hydrogen-bond donors (Lipinski definition) is 4. The van der Waals surface area contributed by atoms with Gasteiger partial charge in [-0.3, -0.25) is 4.79 Å². The van der Waals surface area contributed by atoms with Crippen molar-refractivity contribution in [1.29, 1.82) is 0 Å². The monoisotopic (exact) mass is 376 g/mol. The van der Waals surface area contributed by atoms with E-state index in [1.807, 2.05) is 6.92 Å². The van der Waals surface area contributed by atoms with Gasteiger partial charge in [0.2, 0.25) is 5.78 Å². The zero-order valence-corrected chi connectivity index (χ0v) is 16.5. The molecule has 0 bridgehead atoms. The Labute approximate surface area is 161 Å². The van der Waals surface area contributed by atoms with Crippen molar-refractivity contribution in [2.45, 2.75) is 82.7 Å². The predicted molar refractivity (Wildman–Crippen MR) is 99.3 cm³/mol. The van der Waals surface area contributed by atoms with Gasteiger partial charge in [0.05, 0.1) is 11.7 Å². The molecule has 27 heavy (non-hydrogen) atoms. The van der Waals surface area contributed by atoms with Gasteiger partial charge in [0.1, 0.15) is 6.10 Å². The van der Waals surface area contributed by atoms with Crippen LogP contribution in [0.25, 0.3) is 0 Å². The van der Waals surface area contributed by atoms with Gasteiger partial charge >= 0.3 is 0 Å². The number of rotatable bonds is 0. The third-order valence-electron chi connectivity index (χ3n) is 9.23. The summed E-state index contributed by atoms with van der Waals surface area (Å²) in [6.45, 7) is 5.92. The van der Waals surface area contributed by atoms with Crippen LogP contribution in [-0.4, -0.2) is 49.6 Å². The first kappa shape index (κ1) is 19.4. The van der Waals surface area contributed by atoms with Crippen LogP contribution in [0.4, 0.5) is 0 Å². The van der Waals surface area contributed by atoms with Crippen LogP contribution in [0.5, 0.6) is 0 Å². The highest BCUT2D eigenvalue weighted by atomic mass is 16.3. The van der Waals surface area contributed by atoms with Crippen LogP contribution in [0.2, 0.25) is 0 Å². The molecule has 5 heteroatoms. The minimum absolute atomic E-state index is 0.0485. The lowest BCUT2D eigenvalue weighted by Crippen LogP contribution is -2.62. The number of aliphatic hydroxyl groups excluding tert-OH is 2. The predicted octanol–water partition coefficient (Wildman–Crippen LogP) is 1.26. The van der Waals surface area contributed by atoms with E-state index < -0.39 is 40.5 Å². The average molecular weight is 376 g/mol. The molecule has 4 aliphatic rings. The number of carbonyl (C=O) groups is 1. The molecule has 0 saturated heterocycles. The summed E-state index contributed by atoms with van der Waals surface area (Å²) in [4.78, 5) is 12.7. The fourth-order valence-corrected chi connectivity index (χ4v) is 7.54. The minimum Gasteiger partial charge on any atom is -0.393 e. The molecule has 4 rings (SSSR count). The molecule has 150 valence electrons. The van der Waals surface area contributed by atoms with Crippen LogP contribution in [0.3, 0.4) is 0 Å². The van der Waals surface area contributed by atoms with Gasteiger partial charge in [-0.2, -0.15) is 0 Å². The highest BCUT2D eigenvalue weighted by molar-refractivity contribution is 5.98. The lowest BCUT2D eigenvalue weighted by molar-refractivity contribution is -0.201. The van der Waals surface area contributed by atoms with E-state index in [0.717, 1.165) is 19.3 Å². The van der Waals surface area contributed by atoms with Crippen LogP contribution in [0.15, 0.2) is 0 Å². The van der Waals surface area contributed by atoms with Crippen LogP contribution in [-0.2, 0) is 4.79 Å². The standard InChI is InChI=1S/C22H32O5/c1-5-22(27)18(25)17(24)16-15-13(6-7-21(16,22)4)20(3)9-8-19(2,26)11-12(20)10-14(15)23/h1,12-17,23-24,26-27H,6-11H2,2-4H3/t12-,13?,14+,15?,16?,17+,19+,20+,21+,22+/m1/s1. The van der Waals surface area contributed by atoms with Crippen molar-refractivity contribution in [3.8, 4) is 12.3 Å². The molecule has 0 aromatic rings. The summed E-state index contributed by atoms with van der Waals surface area (Å²) < 4.78 is 0. The van der Waals surface area contributed by atoms with E-state index in [4.69, 9.17) is 6.42 Å². The van der Waals surface area contributed by atoms with E-state index in [-0.39, 0.29) is 23.2 Å². The molecule has 0 radical (unpaired) electrons. The first-order chi connectivity index (χ1) is 12.4. The Morgan fingerprint density at radius 3 is 2.41 bits per heavy atom. The number of fused-ring (bicyclic) bond motifs is 5. The Balaban J connectivity index is 1.76. The molecule has 0 aromatic carbocycles. The zero-order valence-electron chi connectivity index (χ0n) is 16.5. The third-order valence-corrected chi connectivity index (χ3v) is 9.23. The molecular weight excluding hydrogens is 344 g/mol. The number of aliphatic hydroxyl groups is 4. The quantitative estimate of drug-likeness (QED) is 0.477. The summed E-state index contributed by atoms with van der Waals surface area (Å²) in [5.41, 5.74) is -3.65. The first-order valence-electron chi connectivity index (χ1n) is 10.2. The molecule has 10 atom stereocenters. The molecule has 4 aliphatic carbocycles. The Kier molecular flexibility index (Phi) is 4.00. The molecule has 4 saturated carbocycles. The highest BCUT2D eigenvalue weighted by Crippen LogP contribution is 2.68. The second-order valence-electron chi connectivity index (χ2n) is 10.5. The Morgan fingerprint density at radius 1 is 1.11 bits per heavy atom. The van der Waals surface area contributed by atoms with E-state index in [1.54, 1.807) is 6.92 Å². The van der Waals surface area contributed by atoms with Crippen molar-refractivity contribution in [1.82, 2.24) is 0 Å². The fraction of sp³-hybridized carbons (Fsp3) is 0.864. The van der Waals surface area contributed by atoms with Crippen molar-refractivity contribution in [2.75, 3.05) is 0 Å². The number of carbonyl (C=O) groups excluding carboxylic acids is 1. The summed E-state index contributed by atoms with van der Waals surface area (Å²) >= 11 is 0. The van der Waals surface area contributed by atoms with Gasteiger partial charge < -0.3 is 20.4 Å². The number of Topliss-reactive ketones (excluding diaryl/α,β-unsaturated/α-hetero) is 1. The molecule has 3 unspecified atom stereocenters. The smallest absolute Gasteiger partial charge is 0.206 e.